The molecule has 0 aliphatic rings. The van der Waals surface area contributed by atoms with E-state index in [2.05, 4.69) is 10.0 Å². The van der Waals surface area contributed by atoms with Crippen LogP contribution in [-0.2, 0) is 14.8 Å². The molecular weight excluding hydrogens is 276 g/mol. The first-order valence-corrected chi connectivity index (χ1v) is 8.23. The summed E-state index contributed by atoms with van der Waals surface area (Å²) < 4.78 is 26.2. The number of rotatable bonds is 7. The van der Waals surface area contributed by atoms with Crippen molar-refractivity contribution in [1.29, 1.82) is 0 Å². The number of hydrogen-bond donors (Lipinski definition) is 2. The molecule has 1 rings (SSSR count). The molecular formula is C14H22N2O3S. The third-order valence-corrected chi connectivity index (χ3v) is 4.06. The van der Waals surface area contributed by atoms with Gasteiger partial charge in [0.2, 0.25) is 15.9 Å². The molecule has 0 heterocycles. The molecule has 0 aliphatic heterocycles. The summed E-state index contributed by atoms with van der Waals surface area (Å²) in [5, 5.41) is 2.74. The second-order valence-electron chi connectivity index (χ2n) is 5.07. The van der Waals surface area contributed by atoms with E-state index in [1.54, 1.807) is 12.1 Å². The zero-order valence-electron chi connectivity index (χ0n) is 12.1. The van der Waals surface area contributed by atoms with Crippen molar-refractivity contribution in [3.8, 4) is 0 Å². The number of carbonyl (C=O) groups excluding carboxylic acids is 1. The summed E-state index contributed by atoms with van der Waals surface area (Å²) in [4.78, 5) is 11.8. The van der Waals surface area contributed by atoms with Gasteiger partial charge < -0.3 is 5.32 Å². The summed E-state index contributed by atoms with van der Waals surface area (Å²) >= 11 is 0. The molecule has 2 N–H and O–H groups in total. The number of anilines is 1. The van der Waals surface area contributed by atoms with Crippen molar-refractivity contribution in [2.75, 3.05) is 11.9 Å². The van der Waals surface area contributed by atoms with Crippen LogP contribution >= 0.6 is 0 Å². The lowest BCUT2D eigenvalue weighted by molar-refractivity contribution is -0.116. The third-order valence-electron chi connectivity index (χ3n) is 2.58. The van der Waals surface area contributed by atoms with Crippen molar-refractivity contribution < 1.29 is 13.2 Å². The quantitative estimate of drug-likeness (QED) is 0.811. The lowest BCUT2D eigenvalue weighted by Crippen LogP contribution is -2.24. The summed E-state index contributed by atoms with van der Waals surface area (Å²) in [5.41, 5.74) is 0.602. The molecule has 20 heavy (non-hydrogen) atoms. The van der Waals surface area contributed by atoms with E-state index in [1.165, 1.54) is 12.1 Å². The van der Waals surface area contributed by atoms with Crippen molar-refractivity contribution in [2.45, 2.75) is 38.5 Å². The minimum atomic E-state index is -3.45. The van der Waals surface area contributed by atoms with Gasteiger partial charge in [-0.15, -0.1) is 0 Å². The SMILES string of the molecule is CCCNS(=O)(=O)c1ccc(NC(=O)CC(C)C)cc1. The second kappa shape index (κ2) is 7.40. The molecule has 6 heteroatoms. The van der Waals surface area contributed by atoms with Crippen LogP contribution in [0.3, 0.4) is 0 Å². The van der Waals surface area contributed by atoms with Crippen LogP contribution in [0.2, 0.25) is 0 Å². The van der Waals surface area contributed by atoms with Crippen LogP contribution in [0.15, 0.2) is 29.2 Å². The summed E-state index contributed by atoms with van der Waals surface area (Å²) in [6.45, 7) is 6.24. The number of sulfonamides is 1. The van der Waals surface area contributed by atoms with E-state index in [0.29, 0.717) is 18.7 Å². The molecule has 0 spiro atoms. The molecule has 1 amide bonds. The number of amides is 1. The normalized spacial score (nSPS) is 11.6. The van der Waals surface area contributed by atoms with Gasteiger partial charge in [0.25, 0.3) is 0 Å². The monoisotopic (exact) mass is 298 g/mol. The molecule has 0 unspecified atom stereocenters. The van der Waals surface area contributed by atoms with Gasteiger partial charge >= 0.3 is 0 Å². The standard InChI is InChI=1S/C14H22N2O3S/c1-4-9-15-20(18,19)13-7-5-12(6-8-13)16-14(17)10-11(2)3/h5-8,11,15H,4,9-10H2,1-3H3,(H,16,17). The summed E-state index contributed by atoms with van der Waals surface area (Å²) in [6.07, 6.45) is 1.18. The molecule has 0 bridgehead atoms. The van der Waals surface area contributed by atoms with E-state index < -0.39 is 10.0 Å². The van der Waals surface area contributed by atoms with Crippen LogP contribution < -0.4 is 10.0 Å². The molecule has 0 fully saturated rings. The van der Waals surface area contributed by atoms with Crippen LogP contribution in [0.25, 0.3) is 0 Å². The fourth-order valence-corrected chi connectivity index (χ4v) is 2.75. The largest absolute Gasteiger partial charge is 0.326 e. The van der Waals surface area contributed by atoms with E-state index in [9.17, 15) is 13.2 Å². The summed E-state index contributed by atoms with van der Waals surface area (Å²) in [7, 11) is -3.45. The number of benzene rings is 1. The topological polar surface area (TPSA) is 75.3 Å². The van der Waals surface area contributed by atoms with Crippen molar-refractivity contribution in [3.05, 3.63) is 24.3 Å². The fraction of sp³-hybridized carbons (Fsp3) is 0.500. The van der Waals surface area contributed by atoms with Crippen molar-refractivity contribution >= 4 is 21.6 Å². The Balaban J connectivity index is 2.71. The van der Waals surface area contributed by atoms with Crippen LogP contribution in [0, 0.1) is 5.92 Å². The maximum Gasteiger partial charge on any atom is 0.240 e. The van der Waals surface area contributed by atoms with Gasteiger partial charge in [0.1, 0.15) is 0 Å². The Labute approximate surface area is 120 Å². The summed E-state index contributed by atoms with van der Waals surface area (Å²) in [6, 6.07) is 6.17. The van der Waals surface area contributed by atoms with Gasteiger partial charge in [0.05, 0.1) is 4.90 Å². The molecule has 0 atom stereocenters. The third kappa shape index (κ3) is 5.30. The first kappa shape index (κ1) is 16.7. The van der Waals surface area contributed by atoms with Crippen LogP contribution in [-0.4, -0.2) is 20.9 Å². The van der Waals surface area contributed by atoms with Crippen LogP contribution in [0.4, 0.5) is 5.69 Å². The smallest absolute Gasteiger partial charge is 0.240 e. The average molecular weight is 298 g/mol. The van der Waals surface area contributed by atoms with Crippen molar-refractivity contribution in [2.24, 2.45) is 5.92 Å². The summed E-state index contributed by atoms with van der Waals surface area (Å²) in [5.74, 6) is 0.215. The molecule has 0 aliphatic carbocycles. The van der Waals surface area contributed by atoms with Gasteiger partial charge in [-0.1, -0.05) is 20.8 Å². The number of carbonyl (C=O) groups is 1. The lowest BCUT2D eigenvalue weighted by atomic mass is 10.1. The molecule has 0 radical (unpaired) electrons. The Hall–Kier alpha value is -1.40. The average Bonchev–Trinajstić information content (AvgIpc) is 2.36. The van der Waals surface area contributed by atoms with Gasteiger partial charge in [0.15, 0.2) is 0 Å². The molecule has 1 aromatic carbocycles. The van der Waals surface area contributed by atoms with Gasteiger partial charge in [-0.2, -0.15) is 0 Å². The highest BCUT2D eigenvalue weighted by Gasteiger charge is 2.13. The maximum atomic E-state index is 11.9. The first-order chi connectivity index (χ1) is 9.35. The Bertz CT molecular complexity index is 536. The molecule has 1 aromatic rings. The van der Waals surface area contributed by atoms with Crippen LogP contribution in [0.1, 0.15) is 33.6 Å². The predicted octanol–water partition coefficient (Wildman–Crippen LogP) is 2.36. The highest BCUT2D eigenvalue weighted by atomic mass is 32.2. The zero-order valence-corrected chi connectivity index (χ0v) is 13.0. The van der Waals surface area contributed by atoms with E-state index in [0.717, 1.165) is 6.42 Å². The highest BCUT2D eigenvalue weighted by molar-refractivity contribution is 7.89. The van der Waals surface area contributed by atoms with Gasteiger partial charge in [0, 0.05) is 18.7 Å². The minimum absolute atomic E-state index is 0.0697. The Morgan fingerprint density at radius 2 is 1.80 bits per heavy atom. The predicted molar refractivity (Wildman–Crippen MR) is 80.0 cm³/mol. The lowest BCUT2D eigenvalue weighted by Gasteiger charge is -2.09. The van der Waals surface area contributed by atoms with E-state index in [1.807, 2.05) is 20.8 Å². The Kier molecular flexibility index (Phi) is 6.16. The van der Waals surface area contributed by atoms with Gasteiger partial charge in [-0.25, -0.2) is 13.1 Å². The van der Waals surface area contributed by atoms with Crippen molar-refractivity contribution in [1.82, 2.24) is 4.72 Å². The van der Waals surface area contributed by atoms with E-state index >= 15 is 0 Å². The second-order valence-corrected chi connectivity index (χ2v) is 6.84. The van der Waals surface area contributed by atoms with Crippen LogP contribution in [0.5, 0.6) is 0 Å². The molecule has 0 aromatic heterocycles. The Morgan fingerprint density at radius 3 is 2.30 bits per heavy atom. The molecule has 112 valence electrons. The van der Waals surface area contributed by atoms with Gasteiger partial charge in [-0.05, 0) is 36.6 Å². The number of nitrogens with one attached hydrogen (secondary N) is 2. The highest BCUT2D eigenvalue weighted by Crippen LogP contribution is 2.14. The molecule has 5 nitrogen and oxygen atoms in total. The van der Waals surface area contributed by atoms with Gasteiger partial charge in [-0.3, -0.25) is 4.79 Å². The first-order valence-electron chi connectivity index (χ1n) is 6.74. The van der Waals surface area contributed by atoms with Crippen molar-refractivity contribution in [3.63, 3.8) is 0 Å². The fourth-order valence-electron chi connectivity index (χ4n) is 1.62. The molecule has 0 saturated carbocycles. The molecule has 0 saturated heterocycles. The zero-order chi connectivity index (χ0) is 15.2. The maximum absolute atomic E-state index is 11.9. The van der Waals surface area contributed by atoms with E-state index in [-0.39, 0.29) is 16.7 Å². The minimum Gasteiger partial charge on any atom is -0.326 e. The Morgan fingerprint density at radius 1 is 1.20 bits per heavy atom. The van der Waals surface area contributed by atoms with E-state index in [4.69, 9.17) is 0 Å². The number of hydrogen-bond acceptors (Lipinski definition) is 3.